The summed E-state index contributed by atoms with van der Waals surface area (Å²) in [5.74, 6) is -0.128. The van der Waals surface area contributed by atoms with Gasteiger partial charge in [0.25, 0.3) is 5.91 Å². The fourth-order valence-electron chi connectivity index (χ4n) is 2.51. The zero-order chi connectivity index (χ0) is 16.1. The van der Waals surface area contributed by atoms with Gasteiger partial charge in [0.2, 0.25) is 5.91 Å². The molecular formula is C18H20N2O3. The third-order valence-corrected chi connectivity index (χ3v) is 3.91. The molecule has 1 aromatic heterocycles. The lowest BCUT2D eigenvalue weighted by Gasteiger charge is -2.22. The van der Waals surface area contributed by atoms with Gasteiger partial charge in [0.05, 0.1) is 11.8 Å². The van der Waals surface area contributed by atoms with Crippen molar-refractivity contribution in [2.75, 3.05) is 6.54 Å². The molecule has 1 aliphatic rings. The zero-order valence-electron chi connectivity index (χ0n) is 12.9. The van der Waals surface area contributed by atoms with Gasteiger partial charge < -0.3 is 14.6 Å². The van der Waals surface area contributed by atoms with E-state index >= 15 is 0 Å². The maximum absolute atomic E-state index is 12.5. The van der Waals surface area contributed by atoms with E-state index < -0.39 is 0 Å². The first kappa shape index (κ1) is 15.3. The van der Waals surface area contributed by atoms with Crippen molar-refractivity contribution < 1.29 is 14.0 Å². The number of nitrogens with zero attached hydrogens (tertiary/aromatic N) is 1. The molecule has 0 spiro atoms. The smallest absolute Gasteiger partial charge is 0.254 e. The molecule has 2 aromatic rings. The minimum absolute atomic E-state index is 0.0869. The highest BCUT2D eigenvalue weighted by atomic mass is 16.3. The first-order chi connectivity index (χ1) is 11.2. The Morgan fingerprint density at radius 2 is 1.96 bits per heavy atom. The maximum atomic E-state index is 12.5. The molecular weight excluding hydrogens is 292 g/mol. The van der Waals surface area contributed by atoms with Crippen LogP contribution in [0, 0.1) is 0 Å². The van der Waals surface area contributed by atoms with Crippen molar-refractivity contribution in [3.8, 4) is 0 Å². The van der Waals surface area contributed by atoms with Gasteiger partial charge in [-0.15, -0.1) is 0 Å². The number of carbonyl (C=O) groups is 2. The van der Waals surface area contributed by atoms with E-state index in [2.05, 4.69) is 5.32 Å². The molecule has 3 rings (SSSR count). The van der Waals surface area contributed by atoms with Crippen molar-refractivity contribution >= 4 is 11.8 Å². The van der Waals surface area contributed by atoms with Crippen LogP contribution in [0.4, 0.5) is 0 Å². The van der Waals surface area contributed by atoms with E-state index in [0.717, 1.165) is 18.4 Å². The van der Waals surface area contributed by atoms with Gasteiger partial charge in [0, 0.05) is 25.6 Å². The summed E-state index contributed by atoms with van der Waals surface area (Å²) in [7, 11) is 0. The van der Waals surface area contributed by atoms with Crippen LogP contribution in [0.25, 0.3) is 0 Å². The molecule has 0 radical (unpaired) electrons. The van der Waals surface area contributed by atoms with Gasteiger partial charge in [-0.1, -0.05) is 30.3 Å². The summed E-state index contributed by atoms with van der Waals surface area (Å²) in [6.45, 7) is 0.973. The Balaban J connectivity index is 1.50. The molecule has 0 saturated heterocycles. The van der Waals surface area contributed by atoms with Gasteiger partial charge in [-0.2, -0.15) is 0 Å². The minimum Gasteiger partial charge on any atom is -0.472 e. The summed E-state index contributed by atoms with van der Waals surface area (Å²) < 4.78 is 4.87. The van der Waals surface area contributed by atoms with Crippen LogP contribution in [0.15, 0.2) is 53.3 Å². The van der Waals surface area contributed by atoms with E-state index in [1.54, 1.807) is 6.07 Å². The molecule has 5 nitrogen and oxygen atoms in total. The monoisotopic (exact) mass is 312 g/mol. The second-order valence-corrected chi connectivity index (χ2v) is 5.76. The summed E-state index contributed by atoms with van der Waals surface area (Å²) in [6.07, 6.45) is 5.30. The fraction of sp³-hybridized carbons (Fsp3) is 0.333. The van der Waals surface area contributed by atoms with Crippen LogP contribution >= 0.6 is 0 Å². The van der Waals surface area contributed by atoms with Gasteiger partial charge in [0.15, 0.2) is 0 Å². The average molecular weight is 312 g/mol. The SMILES string of the molecule is O=C(NCCC(=O)N(Cc1ccccc1)C1CC1)c1ccoc1. The second kappa shape index (κ2) is 7.13. The van der Waals surface area contributed by atoms with Crippen LogP contribution in [-0.4, -0.2) is 29.3 Å². The van der Waals surface area contributed by atoms with E-state index in [4.69, 9.17) is 4.42 Å². The third kappa shape index (κ3) is 4.22. The molecule has 1 N–H and O–H groups in total. The normalized spacial score (nSPS) is 13.6. The number of furan rings is 1. The quantitative estimate of drug-likeness (QED) is 0.855. The van der Waals surface area contributed by atoms with Crippen molar-refractivity contribution in [3.63, 3.8) is 0 Å². The Morgan fingerprint density at radius 3 is 2.61 bits per heavy atom. The van der Waals surface area contributed by atoms with Crippen LogP contribution in [0.5, 0.6) is 0 Å². The molecule has 2 amide bonds. The van der Waals surface area contributed by atoms with Crippen LogP contribution in [0.2, 0.25) is 0 Å². The predicted molar refractivity (Wildman–Crippen MR) is 85.7 cm³/mol. The van der Waals surface area contributed by atoms with Gasteiger partial charge in [-0.05, 0) is 24.5 Å². The largest absolute Gasteiger partial charge is 0.472 e. The number of benzene rings is 1. The number of hydrogen-bond donors (Lipinski definition) is 1. The minimum atomic E-state index is -0.215. The number of amides is 2. The molecule has 5 heteroatoms. The molecule has 1 fully saturated rings. The van der Waals surface area contributed by atoms with E-state index in [-0.39, 0.29) is 11.8 Å². The Labute approximate surface area is 135 Å². The zero-order valence-corrected chi connectivity index (χ0v) is 12.9. The van der Waals surface area contributed by atoms with Crippen molar-refractivity contribution in [3.05, 3.63) is 60.1 Å². The Morgan fingerprint density at radius 1 is 1.17 bits per heavy atom. The first-order valence-electron chi connectivity index (χ1n) is 7.88. The fourth-order valence-corrected chi connectivity index (χ4v) is 2.51. The Bertz CT molecular complexity index is 648. The molecule has 0 bridgehead atoms. The molecule has 0 atom stereocenters. The number of nitrogens with one attached hydrogen (secondary N) is 1. The van der Waals surface area contributed by atoms with Gasteiger partial charge >= 0.3 is 0 Å². The number of carbonyl (C=O) groups excluding carboxylic acids is 2. The van der Waals surface area contributed by atoms with Crippen LogP contribution < -0.4 is 5.32 Å². The topological polar surface area (TPSA) is 62.6 Å². The molecule has 0 aliphatic heterocycles. The van der Waals surface area contributed by atoms with Crippen molar-refractivity contribution in [2.45, 2.75) is 31.8 Å². The average Bonchev–Trinajstić information content (AvgIpc) is 3.26. The van der Waals surface area contributed by atoms with Crippen LogP contribution in [0.3, 0.4) is 0 Å². The summed E-state index contributed by atoms with van der Waals surface area (Å²) in [6, 6.07) is 12.0. The van der Waals surface area contributed by atoms with Gasteiger partial charge in [0.1, 0.15) is 6.26 Å². The third-order valence-electron chi connectivity index (χ3n) is 3.91. The molecule has 1 aromatic carbocycles. The van der Waals surface area contributed by atoms with E-state index in [1.165, 1.54) is 12.5 Å². The van der Waals surface area contributed by atoms with Gasteiger partial charge in [-0.3, -0.25) is 9.59 Å². The van der Waals surface area contributed by atoms with E-state index in [0.29, 0.717) is 31.1 Å². The Hall–Kier alpha value is -2.56. The second-order valence-electron chi connectivity index (χ2n) is 5.76. The highest BCUT2D eigenvalue weighted by Crippen LogP contribution is 2.28. The molecule has 1 saturated carbocycles. The molecule has 1 heterocycles. The summed E-state index contributed by atoms with van der Waals surface area (Å²) >= 11 is 0. The highest BCUT2D eigenvalue weighted by molar-refractivity contribution is 5.94. The number of hydrogen-bond acceptors (Lipinski definition) is 3. The molecule has 23 heavy (non-hydrogen) atoms. The number of rotatable bonds is 7. The van der Waals surface area contributed by atoms with Crippen LogP contribution in [-0.2, 0) is 11.3 Å². The van der Waals surface area contributed by atoms with Crippen LogP contribution in [0.1, 0.15) is 35.2 Å². The van der Waals surface area contributed by atoms with Crippen molar-refractivity contribution in [1.29, 1.82) is 0 Å². The summed E-state index contributed by atoms with van der Waals surface area (Å²) in [5, 5.41) is 2.75. The lowest BCUT2D eigenvalue weighted by atomic mass is 10.2. The van der Waals surface area contributed by atoms with Gasteiger partial charge in [-0.25, -0.2) is 0 Å². The van der Waals surface area contributed by atoms with E-state index in [1.807, 2.05) is 35.2 Å². The van der Waals surface area contributed by atoms with Crippen molar-refractivity contribution in [1.82, 2.24) is 10.2 Å². The summed E-state index contributed by atoms with van der Waals surface area (Å²) in [5.41, 5.74) is 1.61. The first-order valence-corrected chi connectivity index (χ1v) is 7.88. The standard InChI is InChI=1S/C18H20N2O3/c21-17(8-10-19-18(22)15-9-11-23-13-15)20(16-6-7-16)12-14-4-2-1-3-5-14/h1-5,9,11,13,16H,6-8,10,12H2,(H,19,22). The maximum Gasteiger partial charge on any atom is 0.254 e. The Kier molecular flexibility index (Phi) is 4.76. The summed E-state index contributed by atoms with van der Waals surface area (Å²) in [4.78, 5) is 26.2. The lowest BCUT2D eigenvalue weighted by molar-refractivity contribution is -0.132. The van der Waals surface area contributed by atoms with Crippen molar-refractivity contribution in [2.24, 2.45) is 0 Å². The molecule has 120 valence electrons. The predicted octanol–water partition coefficient (Wildman–Crippen LogP) is 2.59. The molecule has 1 aliphatic carbocycles. The van der Waals surface area contributed by atoms with E-state index in [9.17, 15) is 9.59 Å². The highest BCUT2D eigenvalue weighted by Gasteiger charge is 2.32. The lowest BCUT2D eigenvalue weighted by Crippen LogP contribution is -2.35. The molecule has 0 unspecified atom stereocenters.